The van der Waals surface area contributed by atoms with Crippen molar-refractivity contribution < 1.29 is 4.79 Å². The third-order valence-corrected chi connectivity index (χ3v) is 4.13. The molecule has 3 N–H and O–H groups in total. The number of hydrogen-bond donors (Lipinski definition) is 3. The molecular formula is C16H21N5O2. The second-order valence-corrected chi connectivity index (χ2v) is 6.17. The third kappa shape index (κ3) is 3.40. The average Bonchev–Trinajstić information content (AvgIpc) is 2.99. The molecular weight excluding hydrogens is 294 g/mol. The highest BCUT2D eigenvalue weighted by Crippen LogP contribution is 2.12. The molecule has 1 aromatic heterocycles. The highest BCUT2D eigenvalue weighted by molar-refractivity contribution is 5.80. The van der Waals surface area contributed by atoms with Crippen LogP contribution >= 0.6 is 0 Å². The number of hydrogen-bond acceptors (Lipinski definition) is 5. The van der Waals surface area contributed by atoms with Crippen LogP contribution in [0, 0.1) is 5.92 Å². The van der Waals surface area contributed by atoms with E-state index in [0.717, 1.165) is 6.42 Å². The molecule has 2 atom stereocenters. The first kappa shape index (κ1) is 15.6. The van der Waals surface area contributed by atoms with Gasteiger partial charge in [-0.15, -0.1) is 0 Å². The van der Waals surface area contributed by atoms with E-state index in [2.05, 4.69) is 35.0 Å². The van der Waals surface area contributed by atoms with Crippen LogP contribution in [0.2, 0.25) is 0 Å². The molecule has 7 nitrogen and oxygen atoms in total. The number of para-hydroxylation sites is 2. The minimum absolute atomic E-state index is 0.0214. The van der Waals surface area contributed by atoms with E-state index in [4.69, 9.17) is 0 Å². The molecule has 2 heterocycles. The summed E-state index contributed by atoms with van der Waals surface area (Å²) in [7, 11) is 0. The maximum Gasteiger partial charge on any atom is 0.269 e. The van der Waals surface area contributed by atoms with E-state index < -0.39 is 0 Å². The van der Waals surface area contributed by atoms with Gasteiger partial charge in [-0.3, -0.25) is 19.6 Å². The minimum Gasteiger partial charge on any atom is -0.338 e. The molecule has 1 saturated heterocycles. The molecule has 1 amide bonds. The smallest absolute Gasteiger partial charge is 0.269 e. The van der Waals surface area contributed by atoms with Crippen molar-refractivity contribution in [3.8, 4) is 0 Å². The number of aromatic nitrogens is 2. The maximum absolute atomic E-state index is 12.3. The SMILES string of the molecule is CC(C)C1CC(NC(=O)Cn2c(=O)cnc3ccccc32)NN1. The summed E-state index contributed by atoms with van der Waals surface area (Å²) in [5.41, 5.74) is 7.32. The van der Waals surface area contributed by atoms with Gasteiger partial charge in [0, 0.05) is 6.04 Å². The lowest BCUT2D eigenvalue weighted by Crippen LogP contribution is -2.46. The summed E-state index contributed by atoms with van der Waals surface area (Å²) >= 11 is 0. The van der Waals surface area contributed by atoms with Crippen molar-refractivity contribution in [3.05, 3.63) is 40.8 Å². The first-order valence-electron chi connectivity index (χ1n) is 7.79. The summed E-state index contributed by atoms with van der Waals surface area (Å²) in [6.07, 6.45) is 1.94. The molecule has 0 bridgehead atoms. The molecule has 1 aromatic carbocycles. The summed E-state index contributed by atoms with van der Waals surface area (Å²) in [4.78, 5) is 28.4. The van der Waals surface area contributed by atoms with Gasteiger partial charge < -0.3 is 5.32 Å². The first-order chi connectivity index (χ1) is 11.0. The Morgan fingerprint density at radius 1 is 1.39 bits per heavy atom. The molecule has 2 unspecified atom stereocenters. The van der Waals surface area contributed by atoms with Gasteiger partial charge in [0.2, 0.25) is 5.91 Å². The number of fused-ring (bicyclic) bond motifs is 1. The Balaban J connectivity index is 1.72. The molecule has 0 spiro atoms. The minimum atomic E-state index is -0.281. The highest BCUT2D eigenvalue weighted by atomic mass is 16.2. The number of nitrogens with one attached hydrogen (secondary N) is 3. The zero-order chi connectivity index (χ0) is 16.4. The molecule has 23 heavy (non-hydrogen) atoms. The third-order valence-electron chi connectivity index (χ3n) is 4.13. The van der Waals surface area contributed by atoms with E-state index in [1.54, 1.807) is 6.07 Å². The predicted molar refractivity (Wildman–Crippen MR) is 87.4 cm³/mol. The number of hydrazine groups is 1. The second kappa shape index (κ2) is 6.47. The van der Waals surface area contributed by atoms with E-state index in [1.165, 1.54) is 10.8 Å². The summed E-state index contributed by atoms with van der Waals surface area (Å²) in [6.45, 7) is 4.24. The van der Waals surface area contributed by atoms with E-state index in [0.29, 0.717) is 23.0 Å². The molecule has 1 aliphatic rings. The zero-order valence-corrected chi connectivity index (χ0v) is 13.2. The Morgan fingerprint density at radius 3 is 2.91 bits per heavy atom. The van der Waals surface area contributed by atoms with Crippen LogP contribution in [0.4, 0.5) is 0 Å². The topological polar surface area (TPSA) is 88.0 Å². The van der Waals surface area contributed by atoms with Crippen molar-refractivity contribution in [1.29, 1.82) is 0 Å². The van der Waals surface area contributed by atoms with Gasteiger partial charge in [-0.1, -0.05) is 26.0 Å². The molecule has 3 rings (SSSR count). The molecule has 1 aliphatic heterocycles. The Labute approximate surface area is 134 Å². The van der Waals surface area contributed by atoms with Gasteiger partial charge in [0.1, 0.15) is 6.54 Å². The molecule has 0 radical (unpaired) electrons. The second-order valence-electron chi connectivity index (χ2n) is 6.17. The molecule has 7 heteroatoms. The largest absolute Gasteiger partial charge is 0.338 e. The van der Waals surface area contributed by atoms with Crippen LogP contribution in [0.15, 0.2) is 35.3 Å². The van der Waals surface area contributed by atoms with Crippen molar-refractivity contribution in [2.75, 3.05) is 0 Å². The lowest BCUT2D eigenvalue weighted by Gasteiger charge is -2.14. The fourth-order valence-corrected chi connectivity index (χ4v) is 2.77. The molecule has 2 aromatic rings. The van der Waals surface area contributed by atoms with Crippen LogP contribution in [-0.2, 0) is 11.3 Å². The van der Waals surface area contributed by atoms with Gasteiger partial charge in [0.25, 0.3) is 5.56 Å². The average molecular weight is 315 g/mol. The Kier molecular flexibility index (Phi) is 4.40. The van der Waals surface area contributed by atoms with Crippen LogP contribution < -0.4 is 21.7 Å². The monoisotopic (exact) mass is 315 g/mol. The predicted octanol–water partition coefficient (Wildman–Crippen LogP) is 0.361. The molecule has 0 saturated carbocycles. The number of carbonyl (C=O) groups excluding carboxylic acids is 1. The zero-order valence-electron chi connectivity index (χ0n) is 13.2. The van der Waals surface area contributed by atoms with Crippen molar-refractivity contribution in [2.45, 2.75) is 39.0 Å². The molecule has 0 aliphatic carbocycles. The van der Waals surface area contributed by atoms with Gasteiger partial charge >= 0.3 is 0 Å². The quantitative estimate of drug-likeness (QED) is 0.758. The summed E-state index contributed by atoms with van der Waals surface area (Å²) in [5, 5.41) is 2.91. The molecule has 1 fully saturated rings. The van der Waals surface area contributed by atoms with Crippen LogP contribution in [-0.4, -0.2) is 27.7 Å². The Hall–Kier alpha value is -2.25. The fourth-order valence-electron chi connectivity index (χ4n) is 2.77. The number of benzene rings is 1. The lowest BCUT2D eigenvalue weighted by atomic mass is 10.0. The summed E-state index contributed by atoms with van der Waals surface area (Å²) in [6, 6.07) is 7.61. The van der Waals surface area contributed by atoms with Crippen molar-refractivity contribution in [1.82, 2.24) is 25.7 Å². The van der Waals surface area contributed by atoms with Crippen molar-refractivity contribution >= 4 is 16.9 Å². The lowest BCUT2D eigenvalue weighted by molar-refractivity contribution is -0.122. The van der Waals surface area contributed by atoms with E-state index in [-0.39, 0.29) is 24.2 Å². The van der Waals surface area contributed by atoms with E-state index in [9.17, 15) is 9.59 Å². The first-order valence-corrected chi connectivity index (χ1v) is 7.79. The number of carbonyl (C=O) groups is 1. The number of amides is 1. The van der Waals surface area contributed by atoms with Gasteiger partial charge in [-0.2, -0.15) is 0 Å². The van der Waals surface area contributed by atoms with Crippen LogP contribution in [0.25, 0.3) is 11.0 Å². The van der Waals surface area contributed by atoms with E-state index >= 15 is 0 Å². The maximum atomic E-state index is 12.3. The number of rotatable bonds is 4. The van der Waals surface area contributed by atoms with Crippen LogP contribution in [0.5, 0.6) is 0 Å². The summed E-state index contributed by atoms with van der Waals surface area (Å²) < 4.78 is 1.44. The van der Waals surface area contributed by atoms with Gasteiger partial charge in [-0.25, -0.2) is 10.4 Å². The van der Waals surface area contributed by atoms with Crippen molar-refractivity contribution in [2.24, 2.45) is 5.92 Å². The molecule has 122 valence electrons. The van der Waals surface area contributed by atoms with E-state index in [1.807, 2.05) is 18.2 Å². The van der Waals surface area contributed by atoms with Crippen LogP contribution in [0.3, 0.4) is 0 Å². The standard InChI is InChI=1S/C16H21N5O2/c1-10(2)12-7-14(20-19-12)18-15(22)9-21-13-6-4-3-5-11(13)17-8-16(21)23/h3-6,8,10,12,14,19-20H,7,9H2,1-2H3,(H,18,22). The van der Waals surface area contributed by atoms with Gasteiger partial charge in [-0.05, 0) is 24.5 Å². The highest BCUT2D eigenvalue weighted by Gasteiger charge is 2.26. The summed E-state index contributed by atoms with van der Waals surface area (Å²) in [5.74, 6) is 0.281. The van der Waals surface area contributed by atoms with Crippen molar-refractivity contribution in [3.63, 3.8) is 0 Å². The normalized spacial score (nSPS) is 21.0. The number of nitrogens with zero attached hydrogens (tertiary/aromatic N) is 2. The van der Waals surface area contributed by atoms with Crippen LogP contribution in [0.1, 0.15) is 20.3 Å². The fraction of sp³-hybridized carbons (Fsp3) is 0.438. The Bertz CT molecular complexity index is 770. The van der Waals surface area contributed by atoms with Gasteiger partial charge in [0.15, 0.2) is 0 Å². The van der Waals surface area contributed by atoms with Gasteiger partial charge in [0.05, 0.1) is 23.4 Å². The Morgan fingerprint density at radius 2 is 2.17 bits per heavy atom.